The molecule has 0 radical (unpaired) electrons. The number of nitrogens with one attached hydrogen (secondary N) is 2. The SMILES string of the molecule is O=C(NCc1ccco1)C(=O)NC[C@@H]1CCCO1. The van der Waals surface area contributed by atoms with Gasteiger partial charge in [-0.15, -0.1) is 0 Å². The number of rotatable bonds is 4. The van der Waals surface area contributed by atoms with Crippen molar-refractivity contribution in [3.05, 3.63) is 24.2 Å². The third kappa shape index (κ3) is 3.59. The summed E-state index contributed by atoms with van der Waals surface area (Å²) in [5, 5.41) is 5.02. The highest BCUT2D eigenvalue weighted by atomic mass is 16.5. The third-order valence-electron chi connectivity index (χ3n) is 2.72. The van der Waals surface area contributed by atoms with Crippen LogP contribution in [0.25, 0.3) is 0 Å². The Morgan fingerprint density at radius 1 is 1.33 bits per heavy atom. The lowest BCUT2D eigenvalue weighted by Gasteiger charge is -2.10. The zero-order valence-corrected chi connectivity index (χ0v) is 9.98. The minimum absolute atomic E-state index is 0.0341. The largest absolute Gasteiger partial charge is 0.467 e. The maximum absolute atomic E-state index is 11.4. The van der Waals surface area contributed by atoms with E-state index in [1.165, 1.54) is 6.26 Å². The molecular formula is C12H16N2O4. The van der Waals surface area contributed by atoms with Gasteiger partial charge in [0, 0.05) is 13.2 Å². The molecule has 0 bridgehead atoms. The van der Waals surface area contributed by atoms with E-state index in [0.29, 0.717) is 12.3 Å². The van der Waals surface area contributed by atoms with E-state index in [2.05, 4.69) is 10.6 Å². The van der Waals surface area contributed by atoms with Gasteiger partial charge >= 0.3 is 11.8 Å². The van der Waals surface area contributed by atoms with Gasteiger partial charge in [0.15, 0.2) is 0 Å². The molecule has 6 heteroatoms. The van der Waals surface area contributed by atoms with Crippen molar-refractivity contribution in [3.63, 3.8) is 0 Å². The van der Waals surface area contributed by atoms with Crippen LogP contribution in [0.4, 0.5) is 0 Å². The summed E-state index contributed by atoms with van der Waals surface area (Å²) < 4.78 is 10.4. The summed E-state index contributed by atoms with van der Waals surface area (Å²) in [7, 11) is 0. The van der Waals surface area contributed by atoms with Crippen LogP contribution in [0.5, 0.6) is 0 Å². The van der Waals surface area contributed by atoms with Crippen LogP contribution in [0, 0.1) is 0 Å². The maximum atomic E-state index is 11.4. The molecule has 0 unspecified atom stereocenters. The smallest absolute Gasteiger partial charge is 0.309 e. The number of hydrogen-bond acceptors (Lipinski definition) is 4. The first kappa shape index (κ1) is 12.6. The molecule has 6 nitrogen and oxygen atoms in total. The average Bonchev–Trinajstić information content (AvgIpc) is 3.05. The molecule has 2 rings (SSSR count). The van der Waals surface area contributed by atoms with Crippen molar-refractivity contribution < 1.29 is 18.7 Å². The lowest BCUT2D eigenvalue weighted by molar-refractivity contribution is -0.139. The Labute approximate surface area is 105 Å². The van der Waals surface area contributed by atoms with Gasteiger partial charge < -0.3 is 19.8 Å². The molecule has 2 amide bonds. The summed E-state index contributed by atoms with van der Waals surface area (Å²) in [6, 6.07) is 3.45. The summed E-state index contributed by atoms with van der Waals surface area (Å²) >= 11 is 0. The van der Waals surface area contributed by atoms with Gasteiger partial charge in [-0.1, -0.05) is 0 Å². The minimum atomic E-state index is -0.663. The van der Waals surface area contributed by atoms with Crippen LogP contribution in [0.2, 0.25) is 0 Å². The zero-order chi connectivity index (χ0) is 12.8. The second-order valence-corrected chi connectivity index (χ2v) is 4.11. The predicted octanol–water partition coefficient (Wildman–Crippen LogP) is 0.191. The number of amides is 2. The fraction of sp³-hybridized carbons (Fsp3) is 0.500. The quantitative estimate of drug-likeness (QED) is 0.750. The van der Waals surface area contributed by atoms with Gasteiger partial charge in [-0.2, -0.15) is 0 Å². The Hall–Kier alpha value is -1.82. The summed E-state index contributed by atoms with van der Waals surface area (Å²) in [6.07, 6.45) is 3.48. The highest BCUT2D eigenvalue weighted by molar-refractivity contribution is 6.35. The molecule has 1 aliphatic heterocycles. The van der Waals surface area contributed by atoms with E-state index >= 15 is 0 Å². The molecule has 0 saturated carbocycles. The van der Waals surface area contributed by atoms with E-state index in [-0.39, 0.29) is 12.6 Å². The Morgan fingerprint density at radius 2 is 2.17 bits per heavy atom. The van der Waals surface area contributed by atoms with Crippen LogP contribution in [-0.4, -0.2) is 31.1 Å². The molecule has 0 aliphatic carbocycles. The van der Waals surface area contributed by atoms with Crippen LogP contribution < -0.4 is 10.6 Å². The Bertz CT molecular complexity index is 396. The lowest BCUT2D eigenvalue weighted by atomic mass is 10.2. The van der Waals surface area contributed by atoms with E-state index in [0.717, 1.165) is 19.4 Å². The fourth-order valence-corrected chi connectivity index (χ4v) is 1.75. The van der Waals surface area contributed by atoms with Crippen LogP contribution in [0.15, 0.2) is 22.8 Å². The van der Waals surface area contributed by atoms with Gasteiger partial charge in [-0.25, -0.2) is 0 Å². The summed E-state index contributed by atoms with van der Waals surface area (Å²) in [6.45, 7) is 1.32. The van der Waals surface area contributed by atoms with Crippen molar-refractivity contribution in [3.8, 4) is 0 Å². The molecule has 1 atom stereocenters. The Kier molecular flexibility index (Phi) is 4.35. The van der Waals surface area contributed by atoms with Crippen LogP contribution in [-0.2, 0) is 20.9 Å². The molecule has 2 heterocycles. The lowest BCUT2D eigenvalue weighted by Crippen LogP contribution is -2.42. The first-order valence-electron chi connectivity index (χ1n) is 5.95. The molecule has 98 valence electrons. The van der Waals surface area contributed by atoms with Gasteiger partial charge in [0.2, 0.25) is 0 Å². The van der Waals surface area contributed by atoms with Crippen LogP contribution in [0.3, 0.4) is 0 Å². The normalized spacial score (nSPS) is 18.6. The molecule has 2 N–H and O–H groups in total. The molecule has 1 saturated heterocycles. The fourth-order valence-electron chi connectivity index (χ4n) is 1.75. The number of ether oxygens (including phenoxy) is 1. The average molecular weight is 252 g/mol. The molecule has 18 heavy (non-hydrogen) atoms. The van der Waals surface area contributed by atoms with Crippen LogP contribution >= 0.6 is 0 Å². The van der Waals surface area contributed by atoms with E-state index in [1.54, 1.807) is 12.1 Å². The second-order valence-electron chi connectivity index (χ2n) is 4.11. The molecule has 1 fully saturated rings. The molecule has 0 aromatic carbocycles. The zero-order valence-electron chi connectivity index (χ0n) is 9.98. The van der Waals surface area contributed by atoms with Crippen LogP contribution in [0.1, 0.15) is 18.6 Å². The second kappa shape index (κ2) is 6.20. The first-order chi connectivity index (χ1) is 8.75. The van der Waals surface area contributed by atoms with Gasteiger partial charge in [-0.05, 0) is 25.0 Å². The summed E-state index contributed by atoms with van der Waals surface area (Å²) in [5.41, 5.74) is 0. The highest BCUT2D eigenvalue weighted by Crippen LogP contribution is 2.10. The van der Waals surface area contributed by atoms with Crippen molar-refractivity contribution in [1.82, 2.24) is 10.6 Å². The summed E-state index contributed by atoms with van der Waals surface area (Å²) in [4.78, 5) is 22.9. The van der Waals surface area contributed by atoms with Gasteiger partial charge in [0.1, 0.15) is 5.76 Å². The van der Waals surface area contributed by atoms with Crippen molar-refractivity contribution in [2.45, 2.75) is 25.5 Å². The standard InChI is InChI=1S/C12H16N2O4/c15-11(13-7-9-3-1-5-17-9)12(16)14-8-10-4-2-6-18-10/h1,3,5,10H,2,4,6-8H2,(H,13,15)(H,14,16)/t10-/m0/s1. The number of carbonyl (C=O) groups is 2. The summed E-state index contributed by atoms with van der Waals surface area (Å²) in [5.74, 6) is -0.697. The Balaban J connectivity index is 1.66. The molecular weight excluding hydrogens is 236 g/mol. The van der Waals surface area contributed by atoms with Gasteiger partial charge in [0.25, 0.3) is 0 Å². The highest BCUT2D eigenvalue weighted by Gasteiger charge is 2.19. The number of carbonyl (C=O) groups excluding carboxylic acids is 2. The van der Waals surface area contributed by atoms with Gasteiger partial charge in [0.05, 0.1) is 18.9 Å². The van der Waals surface area contributed by atoms with E-state index in [9.17, 15) is 9.59 Å². The molecule has 1 aromatic rings. The van der Waals surface area contributed by atoms with E-state index in [4.69, 9.17) is 9.15 Å². The number of hydrogen-bond donors (Lipinski definition) is 2. The van der Waals surface area contributed by atoms with Gasteiger partial charge in [-0.3, -0.25) is 9.59 Å². The van der Waals surface area contributed by atoms with E-state index < -0.39 is 11.8 Å². The number of furan rings is 1. The van der Waals surface area contributed by atoms with E-state index in [1.807, 2.05) is 0 Å². The third-order valence-corrected chi connectivity index (χ3v) is 2.72. The monoisotopic (exact) mass is 252 g/mol. The molecule has 1 aliphatic rings. The minimum Gasteiger partial charge on any atom is -0.467 e. The molecule has 1 aromatic heterocycles. The Morgan fingerprint density at radius 3 is 2.83 bits per heavy atom. The maximum Gasteiger partial charge on any atom is 0.309 e. The molecule has 0 spiro atoms. The first-order valence-corrected chi connectivity index (χ1v) is 5.95. The van der Waals surface area contributed by atoms with Crippen molar-refractivity contribution in [2.24, 2.45) is 0 Å². The topological polar surface area (TPSA) is 80.6 Å². The van der Waals surface area contributed by atoms with Crippen molar-refractivity contribution in [2.75, 3.05) is 13.2 Å². The van der Waals surface area contributed by atoms with Crippen molar-refractivity contribution >= 4 is 11.8 Å². The predicted molar refractivity (Wildman–Crippen MR) is 62.5 cm³/mol. The van der Waals surface area contributed by atoms with Crippen molar-refractivity contribution in [1.29, 1.82) is 0 Å².